The van der Waals surface area contributed by atoms with Crippen molar-refractivity contribution in [2.24, 2.45) is 5.73 Å². The van der Waals surface area contributed by atoms with Crippen LogP contribution in [0, 0.1) is 17.1 Å². The fourth-order valence-corrected chi connectivity index (χ4v) is 3.61. The third-order valence-corrected chi connectivity index (χ3v) is 5.85. The number of rotatable bonds is 10. The monoisotopic (exact) mass is 488 g/mol. The molecule has 2 amide bonds. The lowest BCUT2D eigenvalue weighted by atomic mass is 10.0. The number of hydrogen-bond acceptors (Lipinski definition) is 6. The molecule has 0 saturated carbocycles. The number of benzene rings is 2. The minimum absolute atomic E-state index is 0.107. The standard InChI is InChI=1S/C27H29FN6O2/c1-18(34(2)25(35)16-30)17-32-27(36)23-10-11-24(22-9-4-3-7-20(22)15-29)33-26(23)31-13-12-19-6-5-8-21(28)14-19/h3-11,14,18H,12-13,16-17,30H2,1-2H3,(H,31,33)(H,32,36)/t18-/m1/s1. The van der Waals surface area contributed by atoms with Crippen LogP contribution in [0.3, 0.4) is 0 Å². The summed E-state index contributed by atoms with van der Waals surface area (Å²) in [4.78, 5) is 31.0. The molecule has 2 aromatic carbocycles. The molecule has 0 fully saturated rings. The normalized spacial score (nSPS) is 11.3. The van der Waals surface area contributed by atoms with Crippen LogP contribution in [0.2, 0.25) is 0 Å². The number of carbonyl (C=O) groups excluding carboxylic acids is 2. The summed E-state index contributed by atoms with van der Waals surface area (Å²) in [7, 11) is 1.63. The van der Waals surface area contributed by atoms with Gasteiger partial charge in [-0.3, -0.25) is 9.59 Å². The van der Waals surface area contributed by atoms with Crippen molar-refractivity contribution in [3.05, 3.63) is 83.2 Å². The van der Waals surface area contributed by atoms with Gasteiger partial charge in [-0.15, -0.1) is 0 Å². The van der Waals surface area contributed by atoms with Crippen molar-refractivity contribution >= 4 is 17.6 Å². The first-order valence-corrected chi connectivity index (χ1v) is 11.6. The highest BCUT2D eigenvalue weighted by atomic mass is 19.1. The summed E-state index contributed by atoms with van der Waals surface area (Å²) in [6, 6.07) is 18.6. The van der Waals surface area contributed by atoms with Gasteiger partial charge in [0.25, 0.3) is 5.91 Å². The number of amides is 2. The van der Waals surface area contributed by atoms with Crippen molar-refractivity contribution in [3.63, 3.8) is 0 Å². The number of nitrogens with one attached hydrogen (secondary N) is 2. The molecule has 0 aliphatic carbocycles. The number of nitriles is 1. The van der Waals surface area contributed by atoms with Gasteiger partial charge in [-0.25, -0.2) is 9.37 Å². The quantitative estimate of drug-likeness (QED) is 0.403. The van der Waals surface area contributed by atoms with Crippen LogP contribution in [0.5, 0.6) is 0 Å². The number of likely N-dealkylation sites (N-methyl/N-ethyl adjacent to an activating group) is 1. The van der Waals surface area contributed by atoms with Crippen LogP contribution < -0.4 is 16.4 Å². The summed E-state index contributed by atoms with van der Waals surface area (Å²) >= 11 is 0. The van der Waals surface area contributed by atoms with E-state index in [4.69, 9.17) is 5.73 Å². The minimum atomic E-state index is -0.365. The third-order valence-electron chi connectivity index (χ3n) is 5.85. The van der Waals surface area contributed by atoms with Gasteiger partial charge >= 0.3 is 0 Å². The van der Waals surface area contributed by atoms with Crippen LogP contribution in [-0.2, 0) is 11.2 Å². The molecule has 9 heteroatoms. The molecule has 1 heterocycles. The Bertz CT molecular complexity index is 1270. The Balaban J connectivity index is 1.83. The number of halogens is 1. The molecule has 3 aromatic rings. The van der Waals surface area contributed by atoms with E-state index in [2.05, 4.69) is 21.7 Å². The van der Waals surface area contributed by atoms with Crippen LogP contribution in [0.15, 0.2) is 60.7 Å². The van der Waals surface area contributed by atoms with E-state index >= 15 is 0 Å². The summed E-state index contributed by atoms with van der Waals surface area (Å²) in [6.45, 7) is 2.34. The zero-order chi connectivity index (χ0) is 26.1. The molecular weight excluding hydrogens is 459 g/mol. The minimum Gasteiger partial charge on any atom is -0.369 e. The number of nitrogens with zero attached hydrogens (tertiary/aromatic N) is 3. The van der Waals surface area contributed by atoms with E-state index in [0.717, 1.165) is 5.56 Å². The molecule has 186 valence electrons. The predicted molar refractivity (Wildman–Crippen MR) is 137 cm³/mol. The van der Waals surface area contributed by atoms with Crippen LogP contribution in [-0.4, -0.2) is 54.4 Å². The molecule has 3 rings (SSSR count). The zero-order valence-corrected chi connectivity index (χ0v) is 20.3. The van der Waals surface area contributed by atoms with Gasteiger partial charge in [0.2, 0.25) is 5.91 Å². The first-order valence-electron chi connectivity index (χ1n) is 11.6. The summed E-state index contributed by atoms with van der Waals surface area (Å²) in [6.07, 6.45) is 0.516. The number of nitrogens with two attached hydrogens (primary N) is 1. The highest BCUT2D eigenvalue weighted by molar-refractivity contribution is 5.99. The maximum Gasteiger partial charge on any atom is 0.255 e. The van der Waals surface area contributed by atoms with Crippen molar-refractivity contribution in [3.8, 4) is 17.3 Å². The van der Waals surface area contributed by atoms with Crippen molar-refractivity contribution < 1.29 is 14.0 Å². The molecule has 8 nitrogen and oxygen atoms in total. The second-order valence-corrected chi connectivity index (χ2v) is 8.32. The topological polar surface area (TPSA) is 124 Å². The molecular formula is C27H29FN6O2. The molecule has 0 unspecified atom stereocenters. The molecule has 0 aliphatic rings. The first-order chi connectivity index (χ1) is 17.3. The summed E-state index contributed by atoms with van der Waals surface area (Å²) in [5, 5.41) is 15.5. The number of anilines is 1. The Morgan fingerprint density at radius 2 is 1.94 bits per heavy atom. The van der Waals surface area contributed by atoms with Gasteiger partial charge in [0.1, 0.15) is 11.6 Å². The van der Waals surface area contributed by atoms with Crippen LogP contribution >= 0.6 is 0 Å². The Morgan fingerprint density at radius 3 is 2.67 bits per heavy atom. The summed E-state index contributed by atoms with van der Waals surface area (Å²) in [5.41, 5.74) is 8.20. The molecule has 1 aromatic heterocycles. The van der Waals surface area contributed by atoms with E-state index in [1.807, 2.05) is 19.1 Å². The number of hydrogen-bond donors (Lipinski definition) is 3. The SMILES string of the molecule is C[C@H](CNC(=O)c1ccc(-c2ccccc2C#N)nc1NCCc1cccc(F)c1)N(C)C(=O)CN. The average Bonchev–Trinajstić information content (AvgIpc) is 2.90. The van der Waals surface area contributed by atoms with Crippen LogP contribution in [0.25, 0.3) is 11.3 Å². The van der Waals surface area contributed by atoms with Gasteiger partial charge in [-0.2, -0.15) is 5.26 Å². The predicted octanol–water partition coefficient (Wildman–Crippen LogP) is 2.95. The van der Waals surface area contributed by atoms with Gasteiger partial charge in [-0.1, -0.05) is 30.3 Å². The van der Waals surface area contributed by atoms with Crippen molar-refractivity contribution in [2.45, 2.75) is 19.4 Å². The highest BCUT2D eigenvalue weighted by Crippen LogP contribution is 2.25. The smallest absolute Gasteiger partial charge is 0.255 e. The second-order valence-electron chi connectivity index (χ2n) is 8.32. The molecule has 0 saturated heterocycles. The van der Waals surface area contributed by atoms with Gasteiger partial charge < -0.3 is 21.3 Å². The zero-order valence-electron chi connectivity index (χ0n) is 20.3. The van der Waals surface area contributed by atoms with Gasteiger partial charge in [0, 0.05) is 31.7 Å². The first kappa shape index (κ1) is 26.3. The lowest BCUT2D eigenvalue weighted by Crippen LogP contribution is -2.45. The maximum atomic E-state index is 13.5. The molecule has 0 bridgehead atoms. The van der Waals surface area contributed by atoms with Crippen molar-refractivity contribution in [1.29, 1.82) is 5.26 Å². The highest BCUT2D eigenvalue weighted by Gasteiger charge is 2.19. The Hall–Kier alpha value is -4.29. The Morgan fingerprint density at radius 1 is 1.17 bits per heavy atom. The van der Waals surface area contributed by atoms with Crippen LogP contribution in [0.1, 0.15) is 28.4 Å². The van der Waals surface area contributed by atoms with Crippen molar-refractivity contribution in [2.75, 3.05) is 32.0 Å². The van der Waals surface area contributed by atoms with E-state index in [1.54, 1.807) is 43.4 Å². The number of carbonyl (C=O) groups is 2. The number of aromatic nitrogens is 1. The van der Waals surface area contributed by atoms with E-state index in [9.17, 15) is 19.2 Å². The Kier molecular flexibility index (Phi) is 9.08. The lowest BCUT2D eigenvalue weighted by Gasteiger charge is -2.24. The molecule has 36 heavy (non-hydrogen) atoms. The molecule has 1 atom stereocenters. The maximum absolute atomic E-state index is 13.5. The summed E-state index contributed by atoms with van der Waals surface area (Å²) < 4.78 is 13.5. The van der Waals surface area contributed by atoms with E-state index in [-0.39, 0.29) is 36.8 Å². The second kappa shape index (κ2) is 12.4. The molecule has 0 spiro atoms. The molecule has 0 aliphatic heterocycles. The molecule has 4 N–H and O–H groups in total. The van der Waals surface area contributed by atoms with Gasteiger partial charge in [0.15, 0.2) is 0 Å². The van der Waals surface area contributed by atoms with E-state index < -0.39 is 0 Å². The third kappa shape index (κ3) is 6.64. The van der Waals surface area contributed by atoms with E-state index in [0.29, 0.717) is 41.2 Å². The van der Waals surface area contributed by atoms with Gasteiger partial charge in [-0.05, 0) is 49.2 Å². The average molecular weight is 489 g/mol. The summed E-state index contributed by atoms with van der Waals surface area (Å²) in [5.74, 6) is -0.559. The molecule has 0 radical (unpaired) electrons. The fraction of sp³-hybridized carbons (Fsp3) is 0.259. The largest absolute Gasteiger partial charge is 0.369 e. The Labute approximate surface area is 209 Å². The fourth-order valence-electron chi connectivity index (χ4n) is 3.61. The lowest BCUT2D eigenvalue weighted by molar-refractivity contribution is -0.130. The van der Waals surface area contributed by atoms with Crippen LogP contribution in [0.4, 0.5) is 10.2 Å². The van der Waals surface area contributed by atoms with Crippen molar-refractivity contribution in [1.82, 2.24) is 15.2 Å². The van der Waals surface area contributed by atoms with E-state index in [1.165, 1.54) is 17.0 Å². The number of pyridine rings is 1. The van der Waals surface area contributed by atoms with Gasteiger partial charge in [0.05, 0.1) is 29.4 Å².